The van der Waals surface area contributed by atoms with Crippen molar-refractivity contribution in [3.05, 3.63) is 47.9 Å². The topological polar surface area (TPSA) is 66.9 Å². The van der Waals surface area contributed by atoms with Gasteiger partial charge >= 0.3 is 0 Å². The number of pyridine rings is 2. The van der Waals surface area contributed by atoms with E-state index in [0.717, 1.165) is 18.7 Å². The minimum atomic E-state index is -0.187. The Morgan fingerprint density at radius 3 is 2.70 bits per heavy atom. The van der Waals surface area contributed by atoms with Gasteiger partial charge in [0.15, 0.2) is 0 Å². The Bertz CT molecular complexity index is 598. The maximum atomic E-state index is 12.3. The van der Waals surface area contributed by atoms with Crippen LogP contribution in [0.3, 0.4) is 0 Å². The Labute approximate surface area is 118 Å². The molecule has 2 N–H and O–H groups in total. The summed E-state index contributed by atoms with van der Waals surface area (Å²) in [5.41, 5.74) is 2.03. The van der Waals surface area contributed by atoms with E-state index in [4.69, 9.17) is 0 Å². The van der Waals surface area contributed by atoms with Gasteiger partial charge in [-0.3, -0.25) is 9.78 Å². The molecular formula is C15H18N4O. The second-order valence-electron chi connectivity index (χ2n) is 4.42. The molecule has 2 heterocycles. The normalized spacial score (nSPS) is 10.1. The van der Waals surface area contributed by atoms with Crippen LogP contribution in [0.25, 0.3) is 0 Å². The van der Waals surface area contributed by atoms with Gasteiger partial charge in [-0.1, -0.05) is 6.92 Å². The van der Waals surface area contributed by atoms with Gasteiger partial charge < -0.3 is 10.6 Å². The second-order valence-corrected chi connectivity index (χ2v) is 4.42. The van der Waals surface area contributed by atoms with Crippen molar-refractivity contribution in [1.29, 1.82) is 0 Å². The molecule has 104 valence electrons. The fraction of sp³-hybridized carbons (Fsp3) is 0.267. The number of nitrogens with zero attached hydrogens (tertiary/aromatic N) is 2. The first kappa shape index (κ1) is 14.0. The summed E-state index contributed by atoms with van der Waals surface area (Å²) in [6.07, 6.45) is 4.34. The number of nitrogens with one attached hydrogen (secondary N) is 2. The van der Waals surface area contributed by atoms with Crippen LogP contribution in [0.2, 0.25) is 0 Å². The molecule has 5 heteroatoms. The van der Waals surface area contributed by atoms with Crippen LogP contribution >= 0.6 is 0 Å². The van der Waals surface area contributed by atoms with Crippen molar-refractivity contribution in [3.63, 3.8) is 0 Å². The Morgan fingerprint density at radius 2 is 1.95 bits per heavy atom. The lowest BCUT2D eigenvalue weighted by molar-refractivity contribution is 0.102. The van der Waals surface area contributed by atoms with Crippen LogP contribution in [0, 0.1) is 6.92 Å². The average Bonchev–Trinajstić information content (AvgIpc) is 2.47. The number of carbonyl (C=O) groups excluding carboxylic acids is 1. The molecule has 2 aromatic heterocycles. The molecule has 1 amide bonds. The average molecular weight is 270 g/mol. The molecule has 0 atom stereocenters. The summed E-state index contributed by atoms with van der Waals surface area (Å²) in [7, 11) is 0. The summed E-state index contributed by atoms with van der Waals surface area (Å²) in [6, 6.07) is 7.13. The van der Waals surface area contributed by atoms with E-state index in [1.807, 2.05) is 13.0 Å². The summed E-state index contributed by atoms with van der Waals surface area (Å²) in [4.78, 5) is 20.7. The van der Waals surface area contributed by atoms with Crippen molar-refractivity contribution >= 4 is 17.4 Å². The van der Waals surface area contributed by atoms with Crippen molar-refractivity contribution in [2.24, 2.45) is 0 Å². The van der Waals surface area contributed by atoms with Crippen molar-refractivity contribution in [2.75, 3.05) is 17.2 Å². The first-order chi connectivity index (χ1) is 9.72. The smallest absolute Gasteiger partial charge is 0.259 e. The van der Waals surface area contributed by atoms with Gasteiger partial charge in [0.1, 0.15) is 5.82 Å². The van der Waals surface area contributed by atoms with Gasteiger partial charge in [0.05, 0.1) is 16.9 Å². The highest BCUT2D eigenvalue weighted by Gasteiger charge is 2.13. The monoisotopic (exact) mass is 270 g/mol. The van der Waals surface area contributed by atoms with E-state index in [0.29, 0.717) is 17.1 Å². The van der Waals surface area contributed by atoms with Gasteiger partial charge in [-0.15, -0.1) is 0 Å². The molecule has 5 nitrogen and oxygen atoms in total. The fourth-order valence-corrected chi connectivity index (χ4v) is 1.78. The van der Waals surface area contributed by atoms with Crippen LogP contribution in [-0.4, -0.2) is 22.4 Å². The Morgan fingerprint density at radius 1 is 1.20 bits per heavy atom. The number of amides is 1. The van der Waals surface area contributed by atoms with Gasteiger partial charge in [-0.2, -0.15) is 0 Å². The molecular weight excluding hydrogens is 252 g/mol. The largest absolute Gasteiger partial charge is 0.369 e. The Hall–Kier alpha value is -2.43. The fourth-order valence-electron chi connectivity index (χ4n) is 1.78. The molecule has 20 heavy (non-hydrogen) atoms. The Balaban J connectivity index is 2.19. The van der Waals surface area contributed by atoms with Crippen LogP contribution in [0.15, 0.2) is 36.7 Å². The molecule has 0 aliphatic rings. The van der Waals surface area contributed by atoms with Gasteiger partial charge in [0, 0.05) is 18.9 Å². The summed E-state index contributed by atoms with van der Waals surface area (Å²) in [5.74, 6) is 0.418. The second kappa shape index (κ2) is 6.65. The van der Waals surface area contributed by atoms with Crippen LogP contribution in [0.1, 0.15) is 29.4 Å². The van der Waals surface area contributed by atoms with E-state index in [2.05, 4.69) is 27.5 Å². The van der Waals surface area contributed by atoms with E-state index in [1.165, 1.54) is 0 Å². The third-order valence-corrected chi connectivity index (χ3v) is 2.85. The van der Waals surface area contributed by atoms with Crippen LogP contribution in [0.4, 0.5) is 11.5 Å². The minimum absolute atomic E-state index is 0.187. The van der Waals surface area contributed by atoms with E-state index < -0.39 is 0 Å². The van der Waals surface area contributed by atoms with Crippen molar-refractivity contribution in [1.82, 2.24) is 9.97 Å². The summed E-state index contributed by atoms with van der Waals surface area (Å²) < 4.78 is 0. The molecule has 2 aromatic rings. The maximum absolute atomic E-state index is 12.3. The van der Waals surface area contributed by atoms with Crippen LogP contribution in [-0.2, 0) is 0 Å². The molecule has 0 aliphatic carbocycles. The molecule has 0 aromatic carbocycles. The highest BCUT2D eigenvalue weighted by atomic mass is 16.1. The van der Waals surface area contributed by atoms with E-state index in [-0.39, 0.29) is 5.91 Å². The molecule has 0 bridgehead atoms. The SMILES string of the molecule is CCCNc1ncccc1C(=O)Nc1cccnc1C. The molecule has 0 radical (unpaired) electrons. The van der Waals surface area contributed by atoms with E-state index >= 15 is 0 Å². The molecule has 0 spiro atoms. The number of carbonyl (C=O) groups is 1. The summed E-state index contributed by atoms with van der Waals surface area (Å²) in [6.45, 7) is 4.70. The molecule has 0 unspecified atom stereocenters. The molecule has 2 rings (SSSR count). The predicted molar refractivity (Wildman–Crippen MR) is 79.9 cm³/mol. The molecule has 0 fully saturated rings. The zero-order valence-electron chi connectivity index (χ0n) is 11.7. The number of aromatic nitrogens is 2. The third-order valence-electron chi connectivity index (χ3n) is 2.85. The number of hydrogen-bond donors (Lipinski definition) is 2. The Kier molecular flexibility index (Phi) is 4.65. The zero-order chi connectivity index (χ0) is 14.4. The first-order valence-corrected chi connectivity index (χ1v) is 6.64. The van der Waals surface area contributed by atoms with Crippen LogP contribution < -0.4 is 10.6 Å². The van der Waals surface area contributed by atoms with Gasteiger partial charge in [0.25, 0.3) is 5.91 Å². The van der Waals surface area contributed by atoms with Crippen molar-refractivity contribution in [3.8, 4) is 0 Å². The highest BCUT2D eigenvalue weighted by Crippen LogP contribution is 2.16. The minimum Gasteiger partial charge on any atom is -0.369 e. The molecule has 0 saturated carbocycles. The van der Waals surface area contributed by atoms with Gasteiger partial charge in [0.2, 0.25) is 0 Å². The van der Waals surface area contributed by atoms with Crippen LogP contribution in [0.5, 0.6) is 0 Å². The molecule has 0 saturated heterocycles. The standard InChI is InChI=1S/C15H18N4O/c1-3-8-17-14-12(6-4-10-18-14)15(20)19-13-7-5-9-16-11(13)2/h4-7,9-10H,3,8H2,1-2H3,(H,17,18)(H,19,20). The van der Waals surface area contributed by atoms with E-state index in [9.17, 15) is 4.79 Å². The lowest BCUT2D eigenvalue weighted by Crippen LogP contribution is -2.16. The highest BCUT2D eigenvalue weighted by molar-refractivity contribution is 6.07. The lowest BCUT2D eigenvalue weighted by Gasteiger charge is -2.11. The first-order valence-electron chi connectivity index (χ1n) is 6.64. The quantitative estimate of drug-likeness (QED) is 0.876. The number of anilines is 2. The summed E-state index contributed by atoms with van der Waals surface area (Å²) in [5, 5.41) is 6.02. The van der Waals surface area contributed by atoms with E-state index in [1.54, 1.807) is 30.6 Å². The van der Waals surface area contributed by atoms with Gasteiger partial charge in [-0.05, 0) is 37.6 Å². The lowest BCUT2D eigenvalue weighted by atomic mass is 10.2. The maximum Gasteiger partial charge on any atom is 0.259 e. The van der Waals surface area contributed by atoms with Gasteiger partial charge in [-0.25, -0.2) is 4.98 Å². The van der Waals surface area contributed by atoms with Crippen molar-refractivity contribution in [2.45, 2.75) is 20.3 Å². The zero-order valence-corrected chi connectivity index (χ0v) is 11.7. The number of rotatable bonds is 5. The molecule has 0 aliphatic heterocycles. The number of hydrogen-bond acceptors (Lipinski definition) is 4. The summed E-state index contributed by atoms with van der Waals surface area (Å²) >= 11 is 0. The third kappa shape index (κ3) is 3.32. The predicted octanol–water partition coefficient (Wildman–Crippen LogP) is 2.86. The number of aryl methyl sites for hydroxylation is 1. The van der Waals surface area contributed by atoms with Crippen molar-refractivity contribution < 1.29 is 4.79 Å².